The molecule has 0 atom stereocenters. The van der Waals surface area contributed by atoms with Gasteiger partial charge in [0.2, 0.25) is 0 Å². The maximum Gasteiger partial charge on any atom is 0.272 e. The van der Waals surface area contributed by atoms with Crippen molar-refractivity contribution in [2.75, 3.05) is 0 Å². The number of hydrogen-bond donors (Lipinski definition) is 0. The van der Waals surface area contributed by atoms with E-state index in [-0.39, 0.29) is 18.2 Å². The second-order valence-corrected chi connectivity index (χ2v) is 5.46. The smallest absolute Gasteiger partial charge is 0.272 e. The molecule has 0 aliphatic heterocycles. The van der Waals surface area contributed by atoms with Crippen LogP contribution < -0.4 is 0 Å². The van der Waals surface area contributed by atoms with Crippen molar-refractivity contribution in [1.82, 2.24) is 4.90 Å². The molecule has 0 fully saturated rings. The van der Waals surface area contributed by atoms with E-state index in [0.717, 1.165) is 24.0 Å². The van der Waals surface area contributed by atoms with Gasteiger partial charge in [-0.3, -0.25) is 14.9 Å². The molecule has 7 heteroatoms. The van der Waals surface area contributed by atoms with Gasteiger partial charge in [-0.2, -0.15) is 0 Å². The number of amides is 1. The molecule has 1 aromatic heterocycles. The van der Waals surface area contributed by atoms with Gasteiger partial charge in [-0.15, -0.1) is 0 Å². The summed E-state index contributed by atoms with van der Waals surface area (Å²) in [7, 11) is 0. The first-order valence-corrected chi connectivity index (χ1v) is 7.10. The lowest BCUT2D eigenvalue weighted by Gasteiger charge is -2.26. The van der Waals surface area contributed by atoms with Crippen LogP contribution in [0.3, 0.4) is 0 Å². The van der Waals surface area contributed by atoms with Crippen molar-refractivity contribution in [2.45, 2.75) is 33.4 Å². The molecule has 0 N–H and O–H groups in total. The van der Waals surface area contributed by atoms with E-state index in [9.17, 15) is 19.3 Å². The van der Waals surface area contributed by atoms with Crippen LogP contribution in [0.15, 0.2) is 34.7 Å². The lowest BCUT2D eigenvalue weighted by Crippen LogP contribution is -2.36. The number of nitro benzene ring substituents is 1. The highest BCUT2D eigenvalue weighted by Crippen LogP contribution is 2.20. The summed E-state index contributed by atoms with van der Waals surface area (Å²) >= 11 is 0. The predicted octanol–water partition coefficient (Wildman–Crippen LogP) is 3.69. The number of rotatable bonds is 5. The Balaban J connectivity index is 2.29. The van der Waals surface area contributed by atoms with Crippen molar-refractivity contribution >= 4 is 11.6 Å². The van der Waals surface area contributed by atoms with Crippen LogP contribution >= 0.6 is 0 Å². The number of non-ortho nitro benzene ring substituents is 1. The van der Waals surface area contributed by atoms with Gasteiger partial charge in [-0.05, 0) is 39.0 Å². The lowest BCUT2D eigenvalue weighted by molar-refractivity contribution is -0.385. The van der Waals surface area contributed by atoms with Gasteiger partial charge < -0.3 is 9.32 Å². The van der Waals surface area contributed by atoms with E-state index in [0.29, 0.717) is 5.76 Å². The zero-order chi connectivity index (χ0) is 17.1. The van der Waals surface area contributed by atoms with Crippen LogP contribution in [0.4, 0.5) is 10.1 Å². The minimum Gasteiger partial charge on any atom is -0.464 e. The number of halogens is 1. The van der Waals surface area contributed by atoms with Crippen molar-refractivity contribution in [3.63, 3.8) is 0 Å². The summed E-state index contributed by atoms with van der Waals surface area (Å²) in [6.45, 7) is 5.59. The van der Waals surface area contributed by atoms with Gasteiger partial charge >= 0.3 is 0 Å². The number of nitrogens with zero attached hydrogens (tertiary/aromatic N) is 2. The first-order valence-electron chi connectivity index (χ1n) is 7.10. The molecule has 122 valence electrons. The van der Waals surface area contributed by atoms with Crippen LogP contribution in [0.25, 0.3) is 0 Å². The highest BCUT2D eigenvalue weighted by atomic mass is 19.1. The standard InChI is InChI=1S/C16H17FN2O4/c1-10(2)18(9-13-6-4-11(3)23-13)16(20)14-7-5-12(19(21)22)8-15(14)17/h4-8,10H,9H2,1-3H3. The van der Waals surface area contributed by atoms with E-state index < -0.39 is 22.3 Å². The largest absolute Gasteiger partial charge is 0.464 e. The van der Waals surface area contributed by atoms with Crippen LogP contribution in [0, 0.1) is 22.9 Å². The fraction of sp³-hybridized carbons (Fsp3) is 0.312. The summed E-state index contributed by atoms with van der Waals surface area (Å²) < 4.78 is 19.5. The number of carbonyl (C=O) groups is 1. The second-order valence-electron chi connectivity index (χ2n) is 5.46. The van der Waals surface area contributed by atoms with Crippen molar-refractivity contribution in [3.8, 4) is 0 Å². The van der Waals surface area contributed by atoms with Crippen molar-refractivity contribution < 1.29 is 18.5 Å². The average Bonchev–Trinajstić information content (AvgIpc) is 2.89. The fourth-order valence-corrected chi connectivity index (χ4v) is 2.17. The zero-order valence-corrected chi connectivity index (χ0v) is 13.1. The van der Waals surface area contributed by atoms with E-state index >= 15 is 0 Å². The first kappa shape index (κ1) is 16.7. The van der Waals surface area contributed by atoms with Crippen molar-refractivity contribution in [1.29, 1.82) is 0 Å². The second kappa shape index (κ2) is 6.60. The summed E-state index contributed by atoms with van der Waals surface area (Å²) in [5.74, 6) is -0.142. The van der Waals surface area contributed by atoms with Gasteiger partial charge in [-0.25, -0.2) is 4.39 Å². The Hall–Kier alpha value is -2.70. The maximum absolute atomic E-state index is 14.1. The fourth-order valence-electron chi connectivity index (χ4n) is 2.17. The number of hydrogen-bond acceptors (Lipinski definition) is 4. The third-order valence-corrected chi connectivity index (χ3v) is 3.40. The monoisotopic (exact) mass is 320 g/mol. The number of furan rings is 1. The first-order chi connectivity index (χ1) is 10.8. The van der Waals surface area contributed by atoms with Crippen LogP contribution in [0.1, 0.15) is 35.7 Å². The van der Waals surface area contributed by atoms with Gasteiger partial charge in [0.25, 0.3) is 11.6 Å². The quantitative estimate of drug-likeness (QED) is 0.622. The molecule has 0 spiro atoms. The average molecular weight is 320 g/mol. The molecule has 0 radical (unpaired) electrons. The molecule has 23 heavy (non-hydrogen) atoms. The highest BCUT2D eigenvalue weighted by Gasteiger charge is 2.24. The third kappa shape index (κ3) is 3.74. The number of carbonyl (C=O) groups excluding carboxylic acids is 1. The molecule has 0 saturated carbocycles. The van der Waals surface area contributed by atoms with Crippen molar-refractivity contribution in [2.24, 2.45) is 0 Å². The summed E-state index contributed by atoms with van der Waals surface area (Å²) in [5.41, 5.74) is -0.593. The Kier molecular flexibility index (Phi) is 4.78. The number of benzene rings is 1. The molecule has 1 aromatic carbocycles. The molecular weight excluding hydrogens is 303 g/mol. The van der Waals surface area contributed by atoms with Crippen molar-refractivity contribution in [3.05, 3.63) is 63.3 Å². The summed E-state index contributed by atoms with van der Waals surface area (Å²) in [5, 5.41) is 10.7. The Bertz CT molecular complexity index is 739. The molecule has 2 aromatic rings. The van der Waals surface area contributed by atoms with Gasteiger partial charge in [0, 0.05) is 12.1 Å². The summed E-state index contributed by atoms with van der Waals surface area (Å²) in [6.07, 6.45) is 0. The minimum absolute atomic E-state index is 0.192. The topological polar surface area (TPSA) is 76.6 Å². The van der Waals surface area contributed by atoms with E-state index in [4.69, 9.17) is 4.42 Å². The SMILES string of the molecule is Cc1ccc(CN(C(=O)c2ccc([N+](=O)[O-])cc2F)C(C)C)o1. The molecule has 0 aliphatic carbocycles. The molecule has 0 unspecified atom stereocenters. The third-order valence-electron chi connectivity index (χ3n) is 3.40. The highest BCUT2D eigenvalue weighted by molar-refractivity contribution is 5.94. The van der Waals surface area contributed by atoms with Crippen LogP contribution in [0.5, 0.6) is 0 Å². The Morgan fingerprint density at radius 1 is 1.35 bits per heavy atom. The Morgan fingerprint density at radius 3 is 2.52 bits per heavy atom. The molecule has 0 aliphatic rings. The minimum atomic E-state index is -0.912. The van der Waals surface area contributed by atoms with Gasteiger partial charge in [-0.1, -0.05) is 0 Å². The molecule has 1 amide bonds. The molecule has 0 saturated heterocycles. The van der Waals surface area contributed by atoms with E-state index in [1.807, 2.05) is 0 Å². The Morgan fingerprint density at radius 2 is 2.04 bits per heavy atom. The van der Waals surface area contributed by atoms with Crippen LogP contribution in [0.2, 0.25) is 0 Å². The summed E-state index contributed by atoms with van der Waals surface area (Å²) in [6, 6.07) is 6.35. The van der Waals surface area contributed by atoms with Gasteiger partial charge in [0.1, 0.15) is 17.3 Å². The van der Waals surface area contributed by atoms with Gasteiger partial charge in [0.05, 0.1) is 23.1 Å². The summed E-state index contributed by atoms with van der Waals surface area (Å²) in [4.78, 5) is 24.0. The van der Waals surface area contributed by atoms with Gasteiger partial charge in [0.15, 0.2) is 0 Å². The van der Waals surface area contributed by atoms with Crippen LogP contribution in [-0.4, -0.2) is 21.8 Å². The number of nitro groups is 1. The maximum atomic E-state index is 14.1. The van der Waals surface area contributed by atoms with E-state index in [1.54, 1.807) is 32.9 Å². The van der Waals surface area contributed by atoms with E-state index in [1.165, 1.54) is 4.90 Å². The zero-order valence-electron chi connectivity index (χ0n) is 13.1. The Labute approximate surface area is 132 Å². The molecule has 6 nitrogen and oxygen atoms in total. The molecular formula is C16H17FN2O4. The molecule has 2 rings (SSSR count). The lowest BCUT2D eigenvalue weighted by atomic mass is 10.1. The van der Waals surface area contributed by atoms with Crippen LogP contribution in [-0.2, 0) is 6.54 Å². The molecule has 0 bridgehead atoms. The number of aryl methyl sites for hydroxylation is 1. The molecule has 1 heterocycles. The normalized spacial score (nSPS) is 10.8. The predicted molar refractivity (Wildman–Crippen MR) is 81.5 cm³/mol. The van der Waals surface area contributed by atoms with E-state index in [2.05, 4.69) is 0 Å².